The van der Waals surface area contributed by atoms with Crippen LogP contribution in [-0.4, -0.2) is 7.11 Å². The third-order valence-corrected chi connectivity index (χ3v) is 3.50. The number of ether oxygens (including phenoxy) is 1. The molecule has 1 nitrogen and oxygen atoms in total. The first-order chi connectivity index (χ1) is 9.26. The second-order valence-electron chi connectivity index (χ2n) is 4.69. The van der Waals surface area contributed by atoms with E-state index in [1.54, 1.807) is 7.11 Å². The van der Waals surface area contributed by atoms with Crippen LogP contribution in [0.5, 0.6) is 0 Å². The van der Waals surface area contributed by atoms with Gasteiger partial charge < -0.3 is 4.74 Å². The highest BCUT2D eigenvalue weighted by Gasteiger charge is 2.14. The molecule has 0 amide bonds. The molecule has 1 unspecified atom stereocenters. The Kier molecular flexibility index (Phi) is 4.53. The number of hydrogen-bond donors (Lipinski definition) is 0. The van der Waals surface area contributed by atoms with Crippen molar-refractivity contribution in [1.82, 2.24) is 0 Å². The fourth-order valence-corrected chi connectivity index (χ4v) is 2.39. The van der Waals surface area contributed by atoms with Gasteiger partial charge in [-0.05, 0) is 29.2 Å². The number of benzene rings is 2. The molecular formula is C18H20O. The molecule has 0 fully saturated rings. The van der Waals surface area contributed by atoms with Gasteiger partial charge in [0.25, 0.3) is 0 Å². The van der Waals surface area contributed by atoms with Crippen LogP contribution in [0.2, 0.25) is 0 Å². The van der Waals surface area contributed by atoms with Gasteiger partial charge in [-0.1, -0.05) is 61.2 Å². The molecule has 19 heavy (non-hydrogen) atoms. The summed E-state index contributed by atoms with van der Waals surface area (Å²) in [6.45, 7) is 6.00. The third kappa shape index (κ3) is 3.12. The lowest BCUT2D eigenvalue weighted by Crippen LogP contribution is -2.08. The Hall–Kier alpha value is -1.86. The number of methoxy groups -OCH3 is 1. The molecule has 1 atom stereocenters. The minimum Gasteiger partial charge on any atom is -0.376 e. The van der Waals surface area contributed by atoms with E-state index in [1.807, 2.05) is 12.1 Å². The van der Waals surface area contributed by atoms with E-state index in [0.717, 1.165) is 6.42 Å². The van der Waals surface area contributed by atoms with E-state index in [0.29, 0.717) is 0 Å². The molecule has 0 aliphatic rings. The monoisotopic (exact) mass is 252 g/mol. The second kappa shape index (κ2) is 6.35. The van der Waals surface area contributed by atoms with Crippen molar-refractivity contribution in [1.29, 1.82) is 0 Å². The van der Waals surface area contributed by atoms with Gasteiger partial charge in [-0.15, -0.1) is 0 Å². The maximum Gasteiger partial charge on any atom is 0.0864 e. The summed E-state index contributed by atoms with van der Waals surface area (Å²) in [5, 5.41) is 0. The highest BCUT2D eigenvalue weighted by molar-refractivity contribution is 5.52. The van der Waals surface area contributed by atoms with Crippen LogP contribution in [0.15, 0.2) is 55.1 Å². The van der Waals surface area contributed by atoms with Gasteiger partial charge in [0.15, 0.2) is 0 Å². The molecule has 0 spiro atoms. The summed E-state index contributed by atoms with van der Waals surface area (Å²) < 4.78 is 5.69. The molecule has 2 rings (SSSR count). The molecule has 1 heteroatoms. The van der Waals surface area contributed by atoms with Crippen LogP contribution in [0.3, 0.4) is 0 Å². The molecule has 0 bridgehead atoms. The van der Waals surface area contributed by atoms with Crippen LogP contribution in [0.1, 0.15) is 28.4 Å². The molecule has 0 saturated carbocycles. The summed E-state index contributed by atoms with van der Waals surface area (Å²) >= 11 is 0. The molecule has 0 aromatic heterocycles. The Morgan fingerprint density at radius 1 is 1.11 bits per heavy atom. The lowest BCUT2D eigenvalue weighted by molar-refractivity contribution is 0.103. The molecule has 0 saturated heterocycles. The highest BCUT2D eigenvalue weighted by atomic mass is 16.5. The predicted molar refractivity (Wildman–Crippen MR) is 81.2 cm³/mol. The van der Waals surface area contributed by atoms with Gasteiger partial charge in [0.05, 0.1) is 6.10 Å². The maximum absolute atomic E-state index is 5.69. The van der Waals surface area contributed by atoms with Gasteiger partial charge >= 0.3 is 0 Å². The number of aryl methyl sites for hydroxylation is 1. The molecule has 2 aromatic rings. The Morgan fingerprint density at radius 2 is 1.79 bits per heavy atom. The molecular weight excluding hydrogens is 232 g/mol. The van der Waals surface area contributed by atoms with Gasteiger partial charge in [0.1, 0.15) is 0 Å². The average molecular weight is 252 g/mol. The van der Waals surface area contributed by atoms with Gasteiger partial charge in [-0.3, -0.25) is 0 Å². The van der Waals surface area contributed by atoms with E-state index in [-0.39, 0.29) is 6.10 Å². The van der Waals surface area contributed by atoms with Crippen LogP contribution >= 0.6 is 0 Å². The first kappa shape index (κ1) is 13.6. The van der Waals surface area contributed by atoms with Crippen molar-refractivity contribution >= 4 is 6.08 Å². The first-order valence-corrected chi connectivity index (χ1v) is 6.55. The van der Waals surface area contributed by atoms with Gasteiger partial charge in [-0.2, -0.15) is 0 Å². The zero-order valence-corrected chi connectivity index (χ0v) is 11.6. The predicted octanol–water partition coefficient (Wildman–Crippen LogP) is 4.57. The van der Waals surface area contributed by atoms with Crippen LogP contribution in [0, 0.1) is 6.92 Å². The summed E-state index contributed by atoms with van der Waals surface area (Å²) in [7, 11) is 1.77. The minimum atomic E-state index is 0.0855. The summed E-state index contributed by atoms with van der Waals surface area (Å²) in [4.78, 5) is 0. The summed E-state index contributed by atoms with van der Waals surface area (Å²) in [5.74, 6) is 0. The Morgan fingerprint density at radius 3 is 2.47 bits per heavy atom. The van der Waals surface area contributed by atoms with Crippen molar-refractivity contribution in [3.63, 3.8) is 0 Å². The quantitative estimate of drug-likeness (QED) is 0.757. The minimum absolute atomic E-state index is 0.0855. The molecule has 0 aliphatic heterocycles. The molecule has 0 heterocycles. The van der Waals surface area contributed by atoms with Crippen molar-refractivity contribution in [2.24, 2.45) is 0 Å². The van der Waals surface area contributed by atoms with E-state index < -0.39 is 0 Å². The molecule has 98 valence electrons. The van der Waals surface area contributed by atoms with Gasteiger partial charge in [-0.25, -0.2) is 0 Å². The van der Waals surface area contributed by atoms with Gasteiger partial charge in [0, 0.05) is 13.5 Å². The van der Waals surface area contributed by atoms with Gasteiger partial charge in [0.2, 0.25) is 0 Å². The summed E-state index contributed by atoms with van der Waals surface area (Å²) in [6, 6.07) is 16.7. The van der Waals surface area contributed by atoms with Crippen molar-refractivity contribution in [2.45, 2.75) is 19.4 Å². The topological polar surface area (TPSA) is 9.23 Å². The summed E-state index contributed by atoms with van der Waals surface area (Å²) in [6.07, 6.45) is 2.85. The standard InChI is InChI=1S/C18H20O/c1-4-15-10-6-7-11-16(15)13-18(19-3)17-12-8-5-9-14(17)2/h4-12,18H,1,13H2,2-3H3. The fourth-order valence-electron chi connectivity index (χ4n) is 2.39. The lowest BCUT2D eigenvalue weighted by Gasteiger charge is -2.19. The lowest BCUT2D eigenvalue weighted by atomic mass is 9.95. The zero-order chi connectivity index (χ0) is 13.7. The van der Waals surface area contributed by atoms with Crippen molar-refractivity contribution in [3.8, 4) is 0 Å². The van der Waals surface area contributed by atoms with Crippen molar-refractivity contribution in [2.75, 3.05) is 7.11 Å². The van der Waals surface area contributed by atoms with E-state index in [4.69, 9.17) is 4.74 Å². The zero-order valence-electron chi connectivity index (χ0n) is 11.6. The largest absolute Gasteiger partial charge is 0.376 e. The van der Waals surface area contributed by atoms with Crippen LogP contribution in [-0.2, 0) is 11.2 Å². The Labute approximate surface area is 115 Å². The smallest absolute Gasteiger partial charge is 0.0864 e. The average Bonchev–Trinajstić information content (AvgIpc) is 2.46. The van der Waals surface area contributed by atoms with E-state index in [2.05, 4.69) is 56.0 Å². The molecule has 2 aromatic carbocycles. The third-order valence-electron chi connectivity index (χ3n) is 3.50. The number of rotatable bonds is 5. The van der Waals surface area contributed by atoms with Crippen LogP contribution < -0.4 is 0 Å². The van der Waals surface area contributed by atoms with E-state index in [9.17, 15) is 0 Å². The first-order valence-electron chi connectivity index (χ1n) is 6.55. The number of hydrogen-bond acceptors (Lipinski definition) is 1. The Balaban J connectivity index is 2.29. The van der Waals surface area contributed by atoms with Crippen molar-refractivity contribution < 1.29 is 4.74 Å². The highest BCUT2D eigenvalue weighted by Crippen LogP contribution is 2.26. The fraction of sp³-hybridized carbons (Fsp3) is 0.222. The summed E-state index contributed by atoms with van der Waals surface area (Å²) in [5.41, 5.74) is 4.97. The normalized spacial score (nSPS) is 12.1. The van der Waals surface area contributed by atoms with Crippen LogP contribution in [0.25, 0.3) is 6.08 Å². The molecule has 0 N–H and O–H groups in total. The van der Waals surface area contributed by atoms with Crippen molar-refractivity contribution in [3.05, 3.63) is 77.4 Å². The molecule has 0 aliphatic carbocycles. The molecule has 0 radical (unpaired) electrons. The van der Waals surface area contributed by atoms with E-state index >= 15 is 0 Å². The van der Waals surface area contributed by atoms with Crippen LogP contribution in [0.4, 0.5) is 0 Å². The SMILES string of the molecule is C=Cc1ccccc1CC(OC)c1ccccc1C. The Bertz CT molecular complexity index is 557. The second-order valence-corrected chi connectivity index (χ2v) is 4.69. The van der Waals surface area contributed by atoms with E-state index in [1.165, 1.54) is 22.3 Å². The maximum atomic E-state index is 5.69.